The molecule has 4 heteroatoms. The number of benzene rings is 1. The molecule has 0 amide bonds. The molecule has 0 aliphatic carbocycles. The molecule has 2 N–H and O–H groups in total. The smallest absolute Gasteiger partial charge is 0.310 e. The third-order valence-electron chi connectivity index (χ3n) is 3.00. The predicted octanol–water partition coefficient (Wildman–Crippen LogP) is 1.27. The van der Waals surface area contributed by atoms with Crippen molar-refractivity contribution in [1.29, 1.82) is 0 Å². The number of hydrogen-bond acceptors (Lipinski definition) is 4. The third kappa shape index (κ3) is 1.96. The fourth-order valence-corrected chi connectivity index (χ4v) is 2.11. The minimum atomic E-state index is -0.128. The number of nitrogen functional groups attached to an aromatic ring is 1. The maximum atomic E-state index is 11.4. The first-order chi connectivity index (χ1) is 7.72. The monoisotopic (exact) mass is 220 g/mol. The van der Waals surface area contributed by atoms with E-state index in [0.717, 1.165) is 24.3 Å². The molecule has 86 valence electrons. The van der Waals surface area contributed by atoms with E-state index in [4.69, 9.17) is 10.5 Å². The van der Waals surface area contributed by atoms with Crippen molar-refractivity contribution in [3.8, 4) is 0 Å². The van der Waals surface area contributed by atoms with Crippen molar-refractivity contribution in [3.05, 3.63) is 24.3 Å². The predicted molar refractivity (Wildman–Crippen MR) is 63.2 cm³/mol. The molecule has 0 spiro atoms. The maximum absolute atomic E-state index is 11.4. The summed E-state index contributed by atoms with van der Waals surface area (Å²) in [5, 5.41) is 0. The Morgan fingerprint density at radius 1 is 1.50 bits per heavy atom. The van der Waals surface area contributed by atoms with Gasteiger partial charge in [0.1, 0.15) is 0 Å². The van der Waals surface area contributed by atoms with Crippen LogP contribution in [0.2, 0.25) is 0 Å². The van der Waals surface area contributed by atoms with Crippen LogP contribution < -0.4 is 10.6 Å². The molecule has 2 rings (SSSR count). The summed E-state index contributed by atoms with van der Waals surface area (Å²) in [6.45, 7) is 1.55. The largest absolute Gasteiger partial charge is 0.469 e. The lowest BCUT2D eigenvalue weighted by atomic mass is 10.1. The number of para-hydroxylation sites is 2. The number of hydrogen-bond donors (Lipinski definition) is 1. The van der Waals surface area contributed by atoms with Gasteiger partial charge in [-0.05, 0) is 18.6 Å². The lowest BCUT2D eigenvalue weighted by Gasteiger charge is -2.19. The van der Waals surface area contributed by atoms with Gasteiger partial charge in [0.15, 0.2) is 0 Å². The molecule has 1 unspecified atom stereocenters. The van der Waals surface area contributed by atoms with Gasteiger partial charge in [0, 0.05) is 13.1 Å². The highest BCUT2D eigenvalue weighted by atomic mass is 16.5. The van der Waals surface area contributed by atoms with Crippen molar-refractivity contribution in [1.82, 2.24) is 0 Å². The lowest BCUT2D eigenvalue weighted by Crippen LogP contribution is -2.24. The molecule has 16 heavy (non-hydrogen) atoms. The molecule has 0 aromatic heterocycles. The second kappa shape index (κ2) is 4.43. The number of methoxy groups -OCH3 is 1. The first kappa shape index (κ1) is 10.8. The molecule has 1 fully saturated rings. The van der Waals surface area contributed by atoms with Crippen LogP contribution in [0.15, 0.2) is 24.3 Å². The molecular formula is C12H16N2O2. The van der Waals surface area contributed by atoms with Crippen LogP contribution in [0.25, 0.3) is 0 Å². The zero-order valence-corrected chi connectivity index (χ0v) is 9.35. The fourth-order valence-electron chi connectivity index (χ4n) is 2.11. The molecule has 0 radical (unpaired) electrons. The summed E-state index contributed by atoms with van der Waals surface area (Å²) in [5.41, 5.74) is 7.66. The molecule has 1 aromatic rings. The summed E-state index contributed by atoms with van der Waals surface area (Å²) in [4.78, 5) is 13.5. The summed E-state index contributed by atoms with van der Waals surface area (Å²) in [6, 6.07) is 7.72. The van der Waals surface area contributed by atoms with Crippen molar-refractivity contribution in [2.24, 2.45) is 5.92 Å². The first-order valence-corrected chi connectivity index (χ1v) is 5.39. The Morgan fingerprint density at radius 3 is 2.94 bits per heavy atom. The number of carbonyl (C=O) groups excluding carboxylic acids is 1. The molecule has 1 atom stereocenters. The van der Waals surface area contributed by atoms with Crippen molar-refractivity contribution in [2.45, 2.75) is 6.42 Å². The van der Waals surface area contributed by atoms with Gasteiger partial charge in [-0.15, -0.1) is 0 Å². The van der Waals surface area contributed by atoms with Crippen molar-refractivity contribution in [3.63, 3.8) is 0 Å². The average Bonchev–Trinajstić information content (AvgIpc) is 2.78. The number of carbonyl (C=O) groups is 1. The second-order valence-electron chi connectivity index (χ2n) is 4.01. The first-order valence-electron chi connectivity index (χ1n) is 5.39. The molecule has 1 heterocycles. The Morgan fingerprint density at radius 2 is 2.25 bits per heavy atom. The average molecular weight is 220 g/mol. The van der Waals surface area contributed by atoms with E-state index in [1.807, 2.05) is 24.3 Å². The summed E-state index contributed by atoms with van der Waals surface area (Å²) in [7, 11) is 1.43. The van der Waals surface area contributed by atoms with Gasteiger partial charge in [0.2, 0.25) is 0 Å². The minimum Gasteiger partial charge on any atom is -0.469 e. The van der Waals surface area contributed by atoms with Gasteiger partial charge >= 0.3 is 5.97 Å². The zero-order valence-electron chi connectivity index (χ0n) is 9.35. The van der Waals surface area contributed by atoms with Crippen LogP contribution in [0.5, 0.6) is 0 Å². The van der Waals surface area contributed by atoms with Crippen LogP contribution >= 0.6 is 0 Å². The van der Waals surface area contributed by atoms with Gasteiger partial charge in [0.25, 0.3) is 0 Å². The summed E-state index contributed by atoms with van der Waals surface area (Å²) >= 11 is 0. The number of esters is 1. The summed E-state index contributed by atoms with van der Waals surface area (Å²) in [5.74, 6) is -0.151. The normalized spacial score (nSPS) is 19.8. The van der Waals surface area contributed by atoms with Gasteiger partial charge in [-0.3, -0.25) is 4.79 Å². The van der Waals surface area contributed by atoms with E-state index in [-0.39, 0.29) is 11.9 Å². The van der Waals surface area contributed by atoms with E-state index in [9.17, 15) is 4.79 Å². The highest BCUT2D eigenvalue weighted by Gasteiger charge is 2.29. The van der Waals surface area contributed by atoms with Crippen molar-refractivity contribution < 1.29 is 9.53 Å². The quantitative estimate of drug-likeness (QED) is 0.602. The van der Waals surface area contributed by atoms with Gasteiger partial charge in [-0.25, -0.2) is 0 Å². The lowest BCUT2D eigenvalue weighted by molar-refractivity contribution is -0.144. The molecule has 1 saturated heterocycles. The Balaban J connectivity index is 2.09. The number of rotatable bonds is 2. The van der Waals surface area contributed by atoms with Crippen molar-refractivity contribution >= 4 is 17.3 Å². The second-order valence-corrected chi connectivity index (χ2v) is 4.01. The van der Waals surface area contributed by atoms with Crippen LogP contribution in [0.3, 0.4) is 0 Å². The maximum Gasteiger partial charge on any atom is 0.310 e. The Kier molecular flexibility index (Phi) is 2.99. The van der Waals surface area contributed by atoms with Crippen LogP contribution in [-0.4, -0.2) is 26.2 Å². The Hall–Kier alpha value is -1.71. The van der Waals surface area contributed by atoms with E-state index in [1.165, 1.54) is 7.11 Å². The molecule has 1 aromatic carbocycles. The van der Waals surface area contributed by atoms with Crippen LogP contribution in [0.1, 0.15) is 6.42 Å². The number of ether oxygens (including phenoxy) is 1. The van der Waals surface area contributed by atoms with Gasteiger partial charge in [-0.1, -0.05) is 12.1 Å². The standard InChI is InChI=1S/C12H16N2O2/c1-16-12(15)9-6-7-14(8-9)11-5-3-2-4-10(11)13/h2-5,9H,6-8,13H2,1H3. The molecule has 4 nitrogen and oxygen atoms in total. The highest BCUT2D eigenvalue weighted by molar-refractivity contribution is 5.75. The minimum absolute atomic E-state index is 0.0235. The van der Waals surface area contributed by atoms with Gasteiger partial charge < -0.3 is 15.4 Å². The van der Waals surface area contributed by atoms with Crippen LogP contribution in [-0.2, 0) is 9.53 Å². The molecule has 0 bridgehead atoms. The van der Waals surface area contributed by atoms with E-state index >= 15 is 0 Å². The van der Waals surface area contributed by atoms with Crippen LogP contribution in [0, 0.1) is 5.92 Å². The zero-order chi connectivity index (χ0) is 11.5. The molecule has 0 saturated carbocycles. The fraction of sp³-hybridized carbons (Fsp3) is 0.417. The van der Waals surface area contributed by atoms with Gasteiger partial charge in [0.05, 0.1) is 24.4 Å². The van der Waals surface area contributed by atoms with Crippen LogP contribution in [0.4, 0.5) is 11.4 Å². The number of nitrogens with zero attached hydrogens (tertiary/aromatic N) is 1. The molecular weight excluding hydrogens is 204 g/mol. The van der Waals surface area contributed by atoms with E-state index < -0.39 is 0 Å². The van der Waals surface area contributed by atoms with E-state index in [1.54, 1.807) is 0 Å². The topological polar surface area (TPSA) is 55.6 Å². The third-order valence-corrected chi connectivity index (χ3v) is 3.00. The van der Waals surface area contributed by atoms with Gasteiger partial charge in [-0.2, -0.15) is 0 Å². The number of nitrogens with two attached hydrogens (primary N) is 1. The SMILES string of the molecule is COC(=O)C1CCN(c2ccccc2N)C1. The van der Waals surface area contributed by atoms with E-state index in [2.05, 4.69) is 4.90 Å². The Labute approximate surface area is 95.0 Å². The summed E-state index contributed by atoms with van der Waals surface area (Å²) in [6.07, 6.45) is 0.834. The number of anilines is 2. The highest BCUT2D eigenvalue weighted by Crippen LogP contribution is 2.28. The van der Waals surface area contributed by atoms with E-state index in [0.29, 0.717) is 6.54 Å². The molecule has 1 aliphatic rings. The Bertz CT molecular complexity index is 392. The summed E-state index contributed by atoms with van der Waals surface area (Å²) < 4.78 is 4.75. The van der Waals surface area contributed by atoms with Crippen molar-refractivity contribution in [2.75, 3.05) is 30.8 Å². The molecule has 1 aliphatic heterocycles.